The van der Waals surface area contributed by atoms with E-state index in [2.05, 4.69) is 60.7 Å². The number of benzene rings is 1. The van der Waals surface area contributed by atoms with Crippen LogP contribution in [0.4, 0.5) is 0 Å². The largest absolute Gasteiger partial charge is 0.312 e. The van der Waals surface area contributed by atoms with Crippen molar-refractivity contribution in [3.8, 4) is 0 Å². The van der Waals surface area contributed by atoms with Gasteiger partial charge in [-0.3, -0.25) is 4.79 Å². The number of carbonyl (C=O) groups excluding carboxylic acids is 1. The first-order chi connectivity index (χ1) is 13.0. The number of rotatable bonds is 10. The number of ketones is 1. The Kier molecular flexibility index (Phi) is 6.46. The van der Waals surface area contributed by atoms with Gasteiger partial charge < -0.3 is 4.57 Å². The lowest BCUT2D eigenvalue weighted by Gasteiger charge is -2.11. The molecule has 0 unspecified atom stereocenters. The standard InChI is InChI=1S/C23H33N3O/c1-5-18-7-6-8-19(17(18)4)15-21(27)12-14-23-25-24-22(13-9-16(2)3)26(23)20-10-11-20/h6-8,16,20H,5,9-15H2,1-4H3. The van der Waals surface area contributed by atoms with E-state index in [1.165, 1.54) is 29.5 Å². The molecule has 1 aliphatic carbocycles. The predicted octanol–water partition coefficient (Wildman–Crippen LogP) is 4.82. The molecule has 0 bridgehead atoms. The maximum Gasteiger partial charge on any atom is 0.137 e. The summed E-state index contributed by atoms with van der Waals surface area (Å²) in [6, 6.07) is 6.87. The van der Waals surface area contributed by atoms with E-state index < -0.39 is 0 Å². The number of aryl methyl sites for hydroxylation is 3. The molecule has 27 heavy (non-hydrogen) atoms. The normalized spacial score (nSPS) is 14.1. The summed E-state index contributed by atoms with van der Waals surface area (Å²) < 4.78 is 2.33. The second-order valence-corrected chi connectivity index (χ2v) is 8.34. The minimum absolute atomic E-state index is 0.292. The average Bonchev–Trinajstić information content (AvgIpc) is 3.40. The SMILES string of the molecule is CCc1cccc(CC(=O)CCc2nnc(CCC(C)C)n2C2CC2)c1C. The van der Waals surface area contributed by atoms with Gasteiger partial charge in [-0.05, 0) is 55.2 Å². The summed E-state index contributed by atoms with van der Waals surface area (Å²) in [5, 5.41) is 8.89. The zero-order valence-electron chi connectivity index (χ0n) is 17.3. The fraction of sp³-hybridized carbons (Fsp3) is 0.609. The molecule has 0 spiro atoms. The topological polar surface area (TPSA) is 47.8 Å². The first-order valence-corrected chi connectivity index (χ1v) is 10.5. The Morgan fingerprint density at radius 1 is 1.15 bits per heavy atom. The molecule has 0 atom stereocenters. The summed E-state index contributed by atoms with van der Waals surface area (Å²) >= 11 is 0. The van der Waals surface area contributed by atoms with E-state index in [1.54, 1.807) is 0 Å². The van der Waals surface area contributed by atoms with Crippen LogP contribution in [-0.2, 0) is 30.5 Å². The van der Waals surface area contributed by atoms with Crippen LogP contribution in [0.15, 0.2) is 18.2 Å². The van der Waals surface area contributed by atoms with E-state index in [0.717, 1.165) is 30.9 Å². The minimum Gasteiger partial charge on any atom is -0.312 e. The van der Waals surface area contributed by atoms with Crippen LogP contribution >= 0.6 is 0 Å². The number of Topliss-reactive ketones (excluding diaryl/α,β-unsaturated/α-hetero) is 1. The molecule has 0 aliphatic heterocycles. The van der Waals surface area contributed by atoms with Gasteiger partial charge in [0.2, 0.25) is 0 Å². The maximum atomic E-state index is 12.6. The molecule has 2 aromatic rings. The molecule has 0 radical (unpaired) electrons. The van der Waals surface area contributed by atoms with Gasteiger partial charge in [0.15, 0.2) is 0 Å². The van der Waals surface area contributed by atoms with Crippen LogP contribution in [0.5, 0.6) is 0 Å². The molecule has 1 fully saturated rings. The Morgan fingerprint density at radius 3 is 2.44 bits per heavy atom. The fourth-order valence-corrected chi connectivity index (χ4v) is 3.74. The molecule has 0 amide bonds. The molecule has 3 rings (SSSR count). The average molecular weight is 368 g/mol. The molecule has 1 aliphatic rings. The highest BCUT2D eigenvalue weighted by Gasteiger charge is 2.29. The third-order valence-electron chi connectivity index (χ3n) is 5.65. The lowest BCUT2D eigenvalue weighted by atomic mass is 9.96. The molecule has 1 aromatic carbocycles. The quantitative estimate of drug-likeness (QED) is 0.605. The van der Waals surface area contributed by atoms with Crippen LogP contribution in [0.2, 0.25) is 0 Å². The smallest absolute Gasteiger partial charge is 0.137 e. The summed E-state index contributed by atoms with van der Waals surface area (Å²) in [6.07, 6.45) is 7.35. The highest BCUT2D eigenvalue weighted by molar-refractivity contribution is 5.81. The molecular formula is C23H33N3O. The number of carbonyl (C=O) groups is 1. The van der Waals surface area contributed by atoms with Crippen molar-refractivity contribution in [1.82, 2.24) is 14.8 Å². The van der Waals surface area contributed by atoms with Crippen molar-refractivity contribution in [3.63, 3.8) is 0 Å². The molecule has 1 aromatic heterocycles. The van der Waals surface area contributed by atoms with Gasteiger partial charge in [0.25, 0.3) is 0 Å². The van der Waals surface area contributed by atoms with Crippen LogP contribution in [0.1, 0.15) is 80.8 Å². The number of nitrogens with zero attached hydrogens (tertiary/aromatic N) is 3. The van der Waals surface area contributed by atoms with Crippen molar-refractivity contribution in [2.45, 2.75) is 85.1 Å². The van der Waals surface area contributed by atoms with Gasteiger partial charge in [0.05, 0.1) is 0 Å². The third-order valence-corrected chi connectivity index (χ3v) is 5.65. The van der Waals surface area contributed by atoms with Crippen molar-refractivity contribution in [2.24, 2.45) is 5.92 Å². The Labute approximate surface area is 163 Å². The van der Waals surface area contributed by atoms with Gasteiger partial charge in [-0.2, -0.15) is 0 Å². The third kappa shape index (κ3) is 5.06. The molecule has 146 valence electrons. The van der Waals surface area contributed by atoms with Crippen molar-refractivity contribution in [2.75, 3.05) is 0 Å². The number of hydrogen-bond acceptors (Lipinski definition) is 3. The Balaban J connectivity index is 1.62. The van der Waals surface area contributed by atoms with Crippen LogP contribution in [-0.4, -0.2) is 20.5 Å². The zero-order chi connectivity index (χ0) is 19.4. The second kappa shape index (κ2) is 8.81. The Morgan fingerprint density at radius 2 is 1.81 bits per heavy atom. The van der Waals surface area contributed by atoms with Gasteiger partial charge in [0, 0.05) is 31.7 Å². The van der Waals surface area contributed by atoms with Gasteiger partial charge in [0.1, 0.15) is 17.4 Å². The summed E-state index contributed by atoms with van der Waals surface area (Å²) in [6.45, 7) is 8.78. The second-order valence-electron chi connectivity index (χ2n) is 8.34. The number of aromatic nitrogens is 3. The first-order valence-electron chi connectivity index (χ1n) is 10.5. The van der Waals surface area contributed by atoms with E-state index in [4.69, 9.17) is 0 Å². The van der Waals surface area contributed by atoms with Gasteiger partial charge in [-0.25, -0.2) is 0 Å². The summed E-state index contributed by atoms with van der Waals surface area (Å²) in [5.41, 5.74) is 3.77. The summed E-state index contributed by atoms with van der Waals surface area (Å²) in [7, 11) is 0. The molecule has 1 heterocycles. The predicted molar refractivity (Wildman–Crippen MR) is 109 cm³/mol. The first kappa shape index (κ1) is 19.8. The lowest BCUT2D eigenvalue weighted by Crippen LogP contribution is -2.11. The van der Waals surface area contributed by atoms with E-state index in [9.17, 15) is 4.79 Å². The lowest BCUT2D eigenvalue weighted by molar-refractivity contribution is -0.118. The Bertz CT molecular complexity index is 787. The van der Waals surface area contributed by atoms with Crippen molar-refractivity contribution < 1.29 is 4.79 Å². The molecular weight excluding hydrogens is 334 g/mol. The summed E-state index contributed by atoms with van der Waals surface area (Å²) in [5.74, 6) is 3.07. The van der Waals surface area contributed by atoms with E-state index in [1.807, 2.05) is 0 Å². The minimum atomic E-state index is 0.292. The van der Waals surface area contributed by atoms with Gasteiger partial charge in [-0.1, -0.05) is 39.0 Å². The van der Waals surface area contributed by atoms with Gasteiger partial charge in [-0.15, -0.1) is 10.2 Å². The zero-order valence-corrected chi connectivity index (χ0v) is 17.3. The van der Waals surface area contributed by atoms with Crippen molar-refractivity contribution in [3.05, 3.63) is 46.5 Å². The Hall–Kier alpha value is -1.97. The van der Waals surface area contributed by atoms with Crippen LogP contribution in [0, 0.1) is 12.8 Å². The number of hydrogen-bond donors (Lipinski definition) is 0. The van der Waals surface area contributed by atoms with Gasteiger partial charge >= 0.3 is 0 Å². The summed E-state index contributed by atoms with van der Waals surface area (Å²) in [4.78, 5) is 12.6. The van der Waals surface area contributed by atoms with Crippen molar-refractivity contribution in [1.29, 1.82) is 0 Å². The van der Waals surface area contributed by atoms with E-state index in [-0.39, 0.29) is 0 Å². The van der Waals surface area contributed by atoms with Crippen LogP contribution in [0.25, 0.3) is 0 Å². The highest BCUT2D eigenvalue weighted by Crippen LogP contribution is 2.37. The van der Waals surface area contributed by atoms with E-state index in [0.29, 0.717) is 37.0 Å². The molecule has 4 heteroatoms. The maximum absolute atomic E-state index is 12.6. The highest BCUT2D eigenvalue weighted by atomic mass is 16.1. The molecule has 1 saturated carbocycles. The molecule has 4 nitrogen and oxygen atoms in total. The monoisotopic (exact) mass is 367 g/mol. The molecule has 0 N–H and O–H groups in total. The van der Waals surface area contributed by atoms with Crippen molar-refractivity contribution >= 4 is 5.78 Å². The fourth-order valence-electron chi connectivity index (χ4n) is 3.74. The van der Waals surface area contributed by atoms with E-state index >= 15 is 0 Å². The molecule has 0 saturated heterocycles. The van der Waals surface area contributed by atoms with Crippen LogP contribution < -0.4 is 0 Å². The van der Waals surface area contributed by atoms with Crippen LogP contribution in [0.3, 0.4) is 0 Å².